The highest BCUT2D eigenvalue weighted by molar-refractivity contribution is 9.10. The third kappa shape index (κ3) is 3.29. The fourth-order valence-electron chi connectivity index (χ4n) is 0.674. The van der Waals surface area contributed by atoms with E-state index in [1.54, 1.807) is 12.3 Å². The lowest BCUT2D eigenvalue weighted by molar-refractivity contribution is 0.593. The summed E-state index contributed by atoms with van der Waals surface area (Å²) < 4.78 is 27.1. The molecule has 1 aromatic rings. The summed E-state index contributed by atoms with van der Waals surface area (Å²) in [5.74, 6) is 0. The Balaban J connectivity index is 2.87. The molecule has 0 bridgehead atoms. The van der Waals surface area contributed by atoms with Crippen molar-refractivity contribution < 1.29 is 8.42 Å². The molecule has 1 rings (SSSR count). The topological polar surface area (TPSA) is 71.1 Å². The lowest BCUT2D eigenvalue weighted by Gasteiger charge is -2.05. The Morgan fingerprint density at radius 3 is 2.69 bits per heavy atom. The Bertz CT molecular complexity index is 393. The van der Waals surface area contributed by atoms with Gasteiger partial charge in [0.15, 0.2) is 0 Å². The maximum Gasteiger partial charge on any atom is 0.298 e. The van der Waals surface area contributed by atoms with Gasteiger partial charge in [0.25, 0.3) is 10.2 Å². The molecule has 0 saturated carbocycles. The highest BCUT2D eigenvalue weighted by Gasteiger charge is 2.05. The molecule has 13 heavy (non-hydrogen) atoms. The normalized spacial score (nSPS) is 11.2. The van der Waals surface area contributed by atoms with Gasteiger partial charge in [-0.1, -0.05) is 0 Å². The van der Waals surface area contributed by atoms with Crippen molar-refractivity contribution in [1.29, 1.82) is 0 Å². The number of hydrogen-bond acceptors (Lipinski definition) is 3. The zero-order valence-corrected chi connectivity index (χ0v) is 9.18. The molecule has 0 unspecified atom stereocenters. The smallest absolute Gasteiger partial charge is 0.269 e. The van der Waals surface area contributed by atoms with Crippen LogP contribution in [0.25, 0.3) is 0 Å². The van der Waals surface area contributed by atoms with E-state index < -0.39 is 10.2 Å². The van der Waals surface area contributed by atoms with Gasteiger partial charge in [-0.15, -0.1) is 0 Å². The summed E-state index contributed by atoms with van der Waals surface area (Å²) >= 11 is 3.17. The van der Waals surface area contributed by atoms with Crippen molar-refractivity contribution in [3.05, 3.63) is 22.9 Å². The van der Waals surface area contributed by atoms with E-state index in [1.807, 2.05) is 0 Å². The molecule has 0 radical (unpaired) electrons. The van der Waals surface area contributed by atoms with Crippen LogP contribution in [0, 0.1) is 0 Å². The van der Waals surface area contributed by atoms with Gasteiger partial charge in [0.2, 0.25) is 0 Å². The largest absolute Gasteiger partial charge is 0.298 e. The summed E-state index contributed by atoms with van der Waals surface area (Å²) in [5, 5.41) is 0. The first kappa shape index (κ1) is 10.4. The van der Waals surface area contributed by atoms with Gasteiger partial charge >= 0.3 is 0 Å². The average Bonchev–Trinajstić information content (AvgIpc) is 2.03. The van der Waals surface area contributed by atoms with Gasteiger partial charge in [-0.2, -0.15) is 8.42 Å². The lowest BCUT2D eigenvalue weighted by Crippen LogP contribution is -2.26. The molecule has 0 aliphatic heterocycles. The second kappa shape index (κ2) is 4.03. The van der Waals surface area contributed by atoms with E-state index in [0.717, 1.165) is 0 Å². The van der Waals surface area contributed by atoms with Crippen molar-refractivity contribution in [2.24, 2.45) is 0 Å². The van der Waals surface area contributed by atoms with Crippen LogP contribution in [0.15, 0.2) is 22.9 Å². The number of nitrogens with zero attached hydrogens (tertiary/aromatic N) is 1. The van der Waals surface area contributed by atoms with Gasteiger partial charge in [0, 0.05) is 17.7 Å². The van der Waals surface area contributed by atoms with E-state index in [2.05, 4.69) is 30.4 Å². The molecule has 0 aromatic carbocycles. The van der Waals surface area contributed by atoms with Crippen LogP contribution in [0.3, 0.4) is 0 Å². The maximum absolute atomic E-state index is 11.0. The molecule has 0 fully saturated rings. The summed E-state index contributed by atoms with van der Waals surface area (Å²) in [6.45, 7) is 0. The van der Waals surface area contributed by atoms with E-state index in [1.165, 1.54) is 13.2 Å². The molecule has 0 aliphatic carbocycles. The third-order valence-electron chi connectivity index (χ3n) is 1.23. The van der Waals surface area contributed by atoms with Crippen molar-refractivity contribution in [3.8, 4) is 0 Å². The zero-order chi connectivity index (χ0) is 9.90. The molecular formula is C6H8BrN3O2S. The average molecular weight is 266 g/mol. The third-order valence-corrected chi connectivity index (χ3v) is 2.70. The van der Waals surface area contributed by atoms with Crippen molar-refractivity contribution >= 4 is 31.8 Å². The zero-order valence-electron chi connectivity index (χ0n) is 6.78. The Hall–Kier alpha value is -0.660. The second-order valence-electron chi connectivity index (χ2n) is 2.20. The van der Waals surface area contributed by atoms with Crippen molar-refractivity contribution in [3.63, 3.8) is 0 Å². The van der Waals surface area contributed by atoms with Crippen molar-refractivity contribution in [2.45, 2.75) is 0 Å². The first-order valence-corrected chi connectivity index (χ1v) is 5.63. The standard InChI is InChI=1S/C6H8BrN3O2S/c1-8-13(11,12)10-6-2-5(7)3-9-4-6/h2-4,8,10H,1H3. The molecule has 0 saturated heterocycles. The molecule has 1 aromatic heterocycles. The van der Waals surface area contributed by atoms with Crippen LogP contribution in [0.4, 0.5) is 5.69 Å². The Kier molecular flexibility index (Phi) is 3.23. The van der Waals surface area contributed by atoms with Gasteiger partial charge in [-0.05, 0) is 22.0 Å². The molecule has 7 heteroatoms. The van der Waals surface area contributed by atoms with Gasteiger partial charge in [0.05, 0.1) is 11.9 Å². The van der Waals surface area contributed by atoms with Crippen LogP contribution in [-0.2, 0) is 10.2 Å². The number of nitrogens with one attached hydrogen (secondary N) is 2. The minimum Gasteiger partial charge on any atom is -0.269 e. The van der Waals surface area contributed by atoms with Crippen LogP contribution < -0.4 is 9.44 Å². The van der Waals surface area contributed by atoms with Crippen LogP contribution in [0.1, 0.15) is 0 Å². The van der Waals surface area contributed by atoms with Crippen LogP contribution in [0.2, 0.25) is 0 Å². The highest BCUT2D eigenvalue weighted by atomic mass is 79.9. The monoisotopic (exact) mass is 265 g/mol. The predicted octanol–water partition coefficient (Wildman–Crippen LogP) is 0.720. The van der Waals surface area contributed by atoms with Crippen LogP contribution in [-0.4, -0.2) is 20.4 Å². The SMILES string of the molecule is CNS(=O)(=O)Nc1cncc(Br)c1. The van der Waals surface area contributed by atoms with Gasteiger partial charge in [-0.3, -0.25) is 9.71 Å². The Morgan fingerprint density at radius 2 is 2.15 bits per heavy atom. The fraction of sp³-hybridized carbons (Fsp3) is 0.167. The number of halogens is 1. The summed E-state index contributed by atoms with van der Waals surface area (Å²) in [6, 6.07) is 1.61. The molecule has 0 atom stereocenters. The summed E-state index contributed by atoms with van der Waals surface area (Å²) in [4.78, 5) is 3.80. The van der Waals surface area contributed by atoms with E-state index in [9.17, 15) is 8.42 Å². The van der Waals surface area contributed by atoms with Crippen molar-refractivity contribution in [2.75, 3.05) is 11.8 Å². The van der Waals surface area contributed by atoms with Crippen LogP contribution >= 0.6 is 15.9 Å². The maximum atomic E-state index is 11.0. The van der Waals surface area contributed by atoms with E-state index >= 15 is 0 Å². The molecule has 2 N–H and O–H groups in total. The quantitative estimate of drug-likeness (QED) is 0.846. The van der Waals surface area contributed by atoms with E-state index in [0.29, 0.717) is 10.2 Å². The first-order valence-electron chi connectivity index (χ1n) is 3.35. The Morgan fingerprint density at radius 1 is 1.46 bits per heavy atom. The number of aromatic nitrogens is 1. The highest BCUT2D eigenvalue weighted by Crippen LogP contribution is 2.13. The van der Waals surface area contributed by atoms with Crippen molar-refractivity contribution in [1.82, 2.24) is 9.71 Å². The molecule has 0 aliphatic rings. The van der Waals surface area contributed by atoms with Crippen LogP contribution in [0.5, 0.6) is 0 Å². The minimum absolute atomic E-state index is 0.406. The number of anilines is 1. The van der Waals surface area contributed by atoms with Gasteiger partial charge in [0.1, 0.15) is 0 Å². The van der Waals surface area contributed by atoms with Gasteiger partial charge < -0.3 is 0 Å². The molecule has 0 amide bonds. The fourth-order valence-corrected chi connectivity index (χ4v) is 1.56. The molecule has 72 valence electrons. The first-order chi connectivity index (χ1) is 6.03. The molecule has 1 heterocycles. The number of pyridine rings is 1. The minimum atomic E-state index is -3.45. The van der Waals surface area contributed by atoms with Gasteiger partial charge in [-0.25, -0.2) is 4.72 Å². The number of hydrogen-bond donors (Lipinski definition) is 2. The predicted molar refractivity (Wildman–Crippen MR) is 53.5 cm³/mol. The molecular weight excluding hydrogens is 258 g/mol. The number of rotatable bonds is 3. The lowest BCUT2D eigenvalue weighted by atomic mass is 10.4. The summed E-state index contributed by atoms with van der Waals surface area (Å²) in [7, 11) is -2.12. The Labute approximate surface area is 84.9 Å². The summed E-state index contributed by atoms with van der Waals surface area (Å²) in [5.41, 5.74) is 0.406. The second-order valence-corrected chi connectivity index (χ2v) is 4.74. The van der Waals surface area contributed by atoms with E-state index in [-0.39, 0.29) is 0 Å². The summed E-state index contributed by atoms with van der Waals surface area (Å²) in [6.07, 6.45) is 2.98. The molecule has 0 spiro atoms. The van der Waals surface area contributed by atoms with E-state index in [4.69, 9.17) is 0 Å². The molecule has 5 nitrogen and oxygen atoms in total.